The number of Topliss-reactive ketones (excluding diaryl/α,β-unsaturated/α-hetero) is 1. The monoisotopic (exact) mass is 344 g/mol. The average Bonchev–Trinajstić information content (AvgIpc) is 2.54. The second-order valence-corrected chi connectivity index (χ2v) is 7.10. The van der Waals surface area contributed by atoms with Crippen LogP contribution in [-0.2, 0) is 16.5 Å². The van der Waals surface area contributed by atoms with Gasteiger partial charge in [-0.05, 0) is 73.4 Å². The van der Waals surface area contributed by atoms with Crippen molar-refractivity contribution in [2.75, 3.05) is 0 Å². The van der Waals surface area contributed by atoms with E-state index < -0.39 is 10.1 Å². The van der Waals surface area contributed by atoms with Crippen LogP contribution >= 0.6 is 0 Å². The molecule has 0 amide bonds. The molecule has 0 saturated heterocycles. The van der Waals surface area contributed by atoms with Gasteiger partial charge in [-0.2, -0.15) is 8.42 Å². The third kappa shape index (κ3) is 3.55. The van der Waals surface area contributed by atoms with Gasteiger partial charge in [-0.25, -0.2) is 0 Å². The fraction of sp³-hybridized carbons (Fsp3) is 0.167. The molecule has 1 N–H and O–H groups in total. The molecule has 2 aromatic rings. The smallest absolute Gasteiger partial charge is 0.290 e. The normalized spacial score (nSPS) is 13.8. The molecule has 24 heavy (non-hydrogen) atoms. The first-order valence-corrected chi connectivity index (χ1v) is 8.87. The molecular weight excluding hydrogens is 328 g/mol. The fourth-order valence-corrected chi connectivity index (χ4v) is 3.24. The van der Waals surface area contributed by atoms with Crippen LogP contribution in [0.25, 0.3) is 6.08 Å². The summed E-state index contributed by atoms with van der Waals surface area (Å²) in [4.78, 5) is 11.3. The van der Waals surface area contributed by atoms with Crippen LogP contribution in [0.4, 0.5) is 0 Å². The first-order chi connectivity index (χ1) is 11.3. The molecule has 0 unspecified atom stereocenters. The van der Waals surface area contributed by atoms with Crippen molar-refractivity contribution < 1.29 is 22.5 Å². The van der Waals surface area contributed by atoms with Crippen LogP contribution in [0, 0.1) is 0 Å². The zero-order valence-electron chi connectivity index (χ0n) is 13.0. The summed E-state index contributed by atoms with van der Waals surface area (Å²) in [5, 5.41) is 0. The average molecular weight is 344 g/mol. The van der Waals surface area contributed by atoms with Crippen molar-refractivity contribution in [2.24, 2.45) is 0 Å². The number of carbonyl (C=O) groups excluding carboxylic acids is 1. The molecule has 0 bridgehead atoms. The van der Waals surface area contributed by atoms with Crippen LogP contribution in [-0.4, -0.2) is 18.8 Å². The Morgan fingerprint density at radius 1 is 1.04 bits per heavy atom. The summed E-state index contributed by atoms with van der Waals surface area (Å²) in [6.07, 6.45) is 2.27. The molecule has 124 valence electrons. The second kappa shape index (κ2) is 6.22. The van der Waals surface area contributed by atoms with Gasteiger partial charge in [0, 0.05) is 5.56 Å². The highest BCUT2D eigenvalue weighted by Crippen LogP contribution is 2.31. The molecule has 0 aromatic heterocycles. The lowest BCUT2D eigenvalue weighted by Gasteiger charge is -2.16. The second-order valence-electron chi connectivity index (χ2n) is 5.63. The van der Waals surface area contributed by atoms with E-state index in [0.29, 0.717) is 23.5 Å². The van der Waals surface area contributed by atoms with Crippen LogP contribution < -0.4 is 4.74 Å². The standard InChI is InChI=1S/C18H16O5S/c1-12(19)13-2-6-16(7-3-13)23-17-8-4-15-11-18(24(20,21)22)9-5-14(15)10-17/h2-4,6-8,10-11H,5,9H2,1H3,(H,20,21,22). The highest BCUT2D eigenvalue weighted by molar-refractivity contribution is 7.90. The number of fused-ring (bicyclic) bond motifs is 1. The highest BCUT2D eigenvalue weighted by Gasteiger charge is 2.19. The van der Waals surface area contributed by atoms with E-state index in [1.165, 1.54) is 13.0 Å². The molecule has 0 spiro atoms. The van der Waals surface area contributed by atoms with Crippen molar-refractivity contribution >= 4 is 22.0 Å². The topological polar surface area (TPSA) is 80.7 Å². The Labute approximate surface area is 140 Å². The molecule has 0 aliphatic heterocycles. The number of ketones is 1. The molecule has 1 aliphatic carbocycles. The zero-order chi connectivity index (χ0) is 17.3. The van der Waals surface area contributed by atoms with Crippen molar-refractivity contribution in [1.29, 1.82) is 0 Å². The van der Waals surface area contributed by atoms with Crippen molar-refractivity contribution in [3.8, 4) is 11.5 Å². The zero-order valence-corrected chi connectivity index (χ0v) is 13.8. The Bertz CT molecular complexity index is 924. The van der Waals surface area contributed by atoms with Crippen LogP contribution in [0.3, 0.4) is 0 Å². The third-order valence-corrected chi connectivity index (χ3v) is 4.88. The summed E-state index contributed by atoms with van der Waals surface area (Å²) in [5.41, 5.74) is 2.34. The maximum atomic E-state index is 11.3. The summed E-state index contributed by atoms with van der Waals surface area (Å²) < 4.78 is 37.3. The molecule has 3 rings (SSSR count). The third-order valence-electron chi connectivity index (χ3n) is 3.90. The minimum atomic E-state index is -4.14. The van der Waals surface area contributed by atoms with Crippen LogP contribution in [0.1, 0.15) is 34.8 Å². The molecule has 0 fully saturated rings. The number of hydrogen-bond donors (Lipinski definition) is 1. The van der Waals surface area contributed by atoms with E-state index in [9.17, 15) is 13.2 Å². The molecule has 0 atom stereocenters. The van der Waals surface area contributed by atoms with Crippen LogP contribution in [0.5, 0.6) is 11.5 Å². The van der Waals surface area contributed by atoms with Gasteiger partial charge >= 0.3 is 0 Å². The molecule has 6 heteroatoms. The number of allylic oxidation sites excluding steroid dienone is 1. The molecule has 0 heterocycles. The van der Waals surface area contributed by atoms with Gasteiger partial charge in [0.05, 0.1) is 4.91 Å². The Hall–Kier alpha value is -2.44. The van der Waals surface area contributed by atoms with Gasteiger partial charge in [0.1, 0.15) is 11.5 Å². The van der Waals surface area contributed by atoms with Crippen LogP contribution in [0.15, 0.2) is 47.4 Å². The predicted octanol–water partition coefficient (Wildman–Crippen LogP) is 3.86. The molecule has 0 saturated carbocycles. The van der Waals surface area contributed by atoms with Gasteiger partial charge < -0.3 is 4.74 Å². The molecular formula is C18H16O5S. The van der Waals surface area contributed by atoms with Gasteiger partial charge in [-0.15, -0.1) is 0 Å². The first-order valence-electron chi connectivity index (χ1n) is 7.43. The Balaban J connectivity index is 1.83. The van der Waals surface area contributed by atoms with Crippen molar-refractivity contribution in [2.45, 2.75) is 19.8 Å². The number of carbonyl (C=O) groups is 1. The summed E-state index contributed by atoms with van der Waals surface area (Å²) >= 11 is 0. The lowest BCUT2D eigenvalue weighted by Crippen LogP contribution is -2.08. The Kier molecular flexibility index (Phi) is 4.26. The van der Waals surface area contributed by atoms with E-state index in [1.807, 2.05) is 6.07 Å². The fourth-order valence-electron chi connectivity index (χ4n) is 2.60. The summed E-state index contributed by atoms with van der Waals surface area (Å²) in [5.74, 6) is 1.25. The number of hydrogen-bond acceptors (Lipinski definition) is 4. The quantitative estimate of drug-likeness (QED) is 0.673. The van der Waals surface area contributed by atoms with E-state index >= 15 is 0 Å². The molecule has 1 aliphatic rings. The molecule has 2 aromatic carbocycles. The largest absolute Gasteiger partial charge is 0.457 e. The van der Waals surface area contributed by atoms with Crippen molar-refractivity contribution in [3.63, 3.8) is 0 Å². The van der Waals surface area contributed by atoms with Crippen molar-refractivity contribution in [3.05, 3.63) is 64.1 Å². The summed E-state index contributed by atoms with van der Waals surface area (Å²) in [6.45, 7) is 1.51. The SMILES string of the molecule is CC(=O)c1ccc(Oc2ccc3c(c2)CCC(S(=O)(=O)O)=C3)cc1. The summed E-state index contributed by atoms with van der Waals surface area (Å²) in [6, 6.07) is 12.2. The maximum Gasteiger partial charge on any atom is 0.290 e. The number of ether oxygens (including phenoxy) is 1. The van der Waals surface area contributed by atoms with E-state index in [2.05, 4.69) is 0 Å². The van der Waals surface area contributed by atoms with Gasteiger partial charge in [0.15, 0.2) is 5.78 Å². The maximum absolute atomic E-state index is 11.3. The highest BCUT2D eigenvalue weighted by atomic mass is 32.2. The Morgan fingerprint density at radius 2 is 1.71 bits per heavy atom. The lowest BCUT2D eigenvalue weighted by molar-refractivity contribution is 0.101. The summed E-state index contributed by atoms with van der Waals surface area (Å²) in [7, 11) is -4.14. The van der Waals surface area contributed by atoms with E-state index in [1.54, 1.807) is 36.4 Å². The van der Waals surface area contributed by atoms with Gasteiger partial charge in [-0.3, -0.25) is 9.35 Å². The van der Waals surface area contributed by atoms with Crippen LogP contribution in [0.2, 0.25) is 0 Å². The predicted molar refractivity (Wildman–Crippen MR) is 90.8 cm³/mol. The van der Waals surface area contributed by atoms with E-state index in [4.69, 9.17) is 9.29 Å². The number of benzene rings is 2. The molecule has 0 radical (unpaired) electrons. The first kappa shape index (κ1) is 16.4. The number of aryl methyl sites for hydroxylation is 1. The molecule has 5 nitrogen and oxygen atoms in total. The number of rotatable bonds is 4. The minimum Gasteiger partial charge on any atom is -0.457 e. The Morgan fingerprint density at radius 3 is 2.33 bits per heavy atom. The van der Waals surface area contributed by atoms with Gasteiger partial charge in [-0.1, -0.05) is 6.07 Å². The van der Waals surface area contributed by atoms with E-state index in [-0.39, 0.29) is 17.1 Å². The van der Waals surface area contributed by atoms with Gasteiger partial charge in [0.2, 0.25) is 0 Å². The minimum absolute atomic E-state index is 0.00300. The van der Waals surface area contributed by atoms with Crippen molar-refractivity contribution in [1.82, 2.24) is 0 Å². The van der Waals surface area contributed by atoms with Gasteiger partial charge in [0.25, 0.3) is 10.1 Å². The lowest BCUT2D eigenvalue weighted by atomic mass is 9.97. The van der Waals surface area contributed by atoms with E-state index in [0.717, 1.165) is 11.1 Å².